The van der Waals surface area contributed by atoms with Crippen molar-refractivity contribution in [3.63, 3.8) is 0 Å². The maximum absolute atomic E-state index is 12.6. The number of aromatic nitrogens is 1. The Hall–Kier alpha value is -2.89. The van der Waals surface area contributed by atoms with Gasteiger partial charge < -0.3 is 14.9 Å². The molecule has 2 aromatic heterocycles. The number of carbonyl (C=O) groups is 1. The number of nitrogens with zero attached hydrogens (tertiary/aromatic N) is 3. The van der Waals surface area contributed by atoms with Crippen LogP contribution in [0.5, 0.6) is 0 Å². The Kier molecular flexibility index (Phi) is 6.69. The molecule has 35 heavy (non-hydrogen) atoms. The number of hydrogen-bond acceptors (Lipinski definition) is 9. The Bertz CT molecular complexity index is 1410. The van der Waals surface area contributed by atoms with Gasteiger partial charge in [0.1, 0.15) is 5.54 Å². The summed E-state index contributed by atoms with van der Waals surface area (Å²) in [5.74, 6) is 0.341. The van der Waals surface area contributed by atoms with Gasteiger partial charge in [-0.05, 0) is 25.0 Å². The highest BCUT2D eigenvalue weighted by Gasteiger charge is 2.42. The van der Waals surface area contributed by atoms with E-state index in [1.165, 1.54) is 25.5 Å². The standard InChI is InChI=1S/C23H25ClN4O5S2/c1-5-16-19(14-8-6-13(7-9-14)10-18(29)32-4)33-21(26-16)17-11-15(24)20(34-17)23(2)12-35(30,31)28(3)22(25)27-23/h6-9,11H,5,10,12H2,1-4H3,(H2,25,27). The summed E-state index contributed by atoms with van der Waals surface area (Å²) in [5, 5.41) is 0.369. The minimum Gasteiger partial charge on any atom is -0.469 e. The SMILES string of the molecule is CCc1nc(-c2cc(Cl)c(C3(C)CS(=O)(=O)N(C)C(N)=N3)s2)oc1-c1ccc(CC(=O)OC)cc1. The number of rotatable bonds is 6. The number of guanidine groups is 1. The van der Waals surface area contributed by atoms with Crippen molar-refractivity contribution in [1.29, 1.82) is 0 Å². The number of methoxy groups -OCH3 is 1. The molecule has 1 aromatic carbocycles. The highest BCUT2D eigenvalue weighted by atomic mass is 35.5. The van der Waals surface area contributed by atoms with E-state index in [1.807, 2.05) is 31.2 Å². The van der Waals surface area contributed by atoms with Crippen molar-refractivity contribution in [2.24, 2.45) is 10.7 Å². The van der Waals surface area contributed by atoms with Crippen molar-refractivity contribution in [3.8, 4) is 22.1 Å². The molecule has 1 unspecified atom stereocenters. The fraction of sp³-hybridized carbons (Fsp3) is 0.348. The molecule has 3 aromatic rings. The smallest absolute Gasteiger partial charge is 0.309 e. The lowest BCUT2D eigenvalue weighted by Gasteiger charge is -2.33. The van der Waals surface area contributed by atoms with Gasteiger partial charge in [0.15, 0.2) is 5.76 Å². The minimum atomic E-state index is -3.64. The summed E-state index contributed by atoms with van der Waals surface area (Å²) in [5.41, 5.74) is 7.17. The maximum Gasteiger partial charge on any atom is 0.309 e. The van der Waals surface area contributed by atoms with Crippen molar-refractivity contribution in [3.05, 3.63) is 51.5 Å². The highest BCUT2D eigenvalue weighted by Crippen LogP contribution is 2.44. The van der Waals surface area contributed by atoms with Gasteiger partial charge >= 0.3 is 5.97 Å². The average molecular weight is 537 g/mol. The van der Waals surface area contributed by atoms with Gasteiger partial charge in [-0.2, -0.15) is 0 Å². The van der Waals surface area contributed by atoms with E-state index in [2.05, 4.69) is 9.98 Å². The van der Waals surface area contributed by atoms with Gasteiger partial charge in [0.2, 0.25) is 21.9 Å². The molecular formula is C23H25ClN4O5S2. The number of halogens is 1. The number of oxazole rings is 1. The van der Waals surface area contributed by atoms with Gasteiger partial charge in [-0.1, -0.05) is 42.8 Å². The molecule has 2 N–H and O–H groups in total. The number of aryl methyl sites for hydroxylation is 1. The van der Waals surface area contributed by atoms with E-state index < -0.39 is 15.6 Å². The molecule has 4 rings (SSSR count). The molecule has 0 spiro atoms. The van der Waals surface area contributed by atoms with E-state index >= 15 is 0 Å². The zero-order valence-corrected chi connectivity index (χ0v) is 22.1. The van der Waals surface area contributed by atoms with Crippen LogP contribution in [0.1, 0.15) is 30.0 Å². The van der Waals surface area contributed by atoms with Crippen LogP contribution in [0.15, 0.2) is 39.7 Å². The normalized spacial score (nSPS) is 19.5. The van der Waals surface area contributed by atoms with Gasteiger partial charge in [-0.15, -0.1) is 11.3 Å². The van der Waals surface area contributed by atoms with Crippen LogP contribution >= 0.6 is 22.9 Å². The number of benzene rings is 1. The summed E-state index contributed by atoms with van der Waals surface area (Å²) in [7, 11) is -0.907. The summed E-state index contributed by atoms with van der Waals surface area (Å²) in [6, 6.07) is 9.14. The van der Waals surface area contributed by atoms with Gasteiger partial charge in [-0.3, -0.25) is 4.79 Å². The van der Waals surface area contributed by atoms with Crippen LogP contribution < -0.4 is 5.73 Å². The summed E-state index contributed by atoms with van der Waals surface area (Å²) >= 11 is 7.82. The molecule has 0 fully saturated rings. The molecule has 0 radical (unpaired) electrons. The molecular weight excluding hydrogens is 512 g/mol. The zero-order chi connectivity index (χ0) is 25.5. The predicted molar refractivity (Wildman–Crippen MR) is 136 cm³/mol. The van der Waals surface area contributed by atoms with Gasteiger partial charge in [-0.25, -0.2) is 22.7 Å². The fourth-order valence-corrected chi connectivity index (χ4v) is 6.93. The fourth-order valence-electron chi connectivity index (χ4n) is 3.84. The van der Waals surface area contributed by atoms with Gasteiger partial charge in [0, 0.05) is 12.6 Å². The molecule has 9 nitrogen and oxygen atoms in total. The van der Waals surface area contributed by atoms with Crippen LogP contribution in [0.3, 0.4) is 0 Å². The van der Waals surface area contributed by atoms with Crippen LogP contribution in [0.2, 0.25) is 5.02 Å². The second-order valence-corrected chi connectivity index (χ2v) is 11.8. The lowest BCUT2D eigenvalue weighted by Crippen LogP contribution is -2.50. The molecule has 0 aliphatic carbocycles. The van der Waals surface area contributed by atoms with Crippen molar-refractivity contribution >= 4 is 44.9 Å². The van der Waals surface area contributed by atoms with Crippen LogP contribution in [-0.4, -0.2) is 49.5 Å². The van der Waals surface area contributed by atoms with Crippen molar-refractivity contribution < 1.29 is 22.4 Å². The van der Waals surface area contributed by atoms with E-state index in [0.29, 0.717) is 32.8 Å². The Morgan fingerprint density at radius 1 is 1.34 bits per heavy atom. The van der Waals surface area contributed by atoms with Crippen LogP contribution in [0, 0.1) is 0 Å². The topological polar surface area (TPSA) is 128 Å². The van der Waals surface area contributed by atoms with Crippen LogP contribution in [-0.2, 0) is 37.9 Å². The number of nitrogens with two attached hydrogens (primary N) is 1. The lowest BCUT2D eigenvalue weighted by atomic mass is 10.0. The predicted octanol–water partition coefficient (Wildman–Crippen LogP) is 3.81. The van der Waals surface area contributed by atoms with E-state index in [4.69, 9.17) is 26.5 Å². The summed E-state index contributed by atoms with van der Waals surface area (Å²) in [6.45, 7) is 3.67. The van der Waals surface area contributed by atoms with E-state index in [9.17, 15) is 13.2 Å². The van der Waals surface area contributed by atoms with Crippen molar-refractivity contribution in [2.75, 3.05) is 19.9 Å². The summed E-state index contributed by atoms with van der Waals surface area (Å²) < 4.78 is 37.0. The quantitative estimate of drug-likeness (QED) is 0.474. The summed E-state index contributed by atoms with van der Waals surface area (Å²) in [4.78, 5) is 21.8. The molecule has 0 saturated heterocycles. The first-order valence-electron chi connectivity index (χ1n) is 10.8. The summed E-state index contributed by atoms with van der Waals surface area (Å²) in [6.07, 6.45) is 0.824. The number of thiophene rings is 1. The number of hydrogen-bond donors (Lipinski definition) is 1. The molecule has 3 heterocycles. The minimum absolute atomic E-state index is 0.0907. The molecule has 0 amide bonds. The van der Waals surface area contributed by atoms with E-state index in [0.717, 1.165) is 21.1 Å². The maximum atomic E-state index is 12.6. The Balaban J connectivity index is 1.69. The first-order valence-corrected chi connectivity index (χ1v) is 13.6. The second-order valence-electron chi connectivity index (χ2n) is 8.35. The lowest BCUT2D eigenvalue weighted by molar-refractivity contribution is -0.139. The molecule has 12 heteroatoms. The number of aliphatic imine (C=N–C) groups is 1. The first kappa shape index (κ1) is 25.2. The molecule has 1 aliphatic rings. The Morgan fingerprint density at radius 3 is 2.63 bits per heavy atom. The molecule has 0 saturated carbocycles. The number of ether oxygens (including phenoxy) is 1. The number of sulfonamides is 1. The van der Waals surface area contributed by atoms with Gasteiger partial charge in [0.25, 0.3) is 0 Å². The first-order chi connectivity index (χ1) is 16.5. The Labute approximate surface area is 212 Å². The average Bonchev–Trinajstić information content (AvgIpc) is 3.41. The third kappa shape index (κ3) is 4.80. The van der Waals surface area contributed by atoms with Crippen molar-refractivity contribution in [2.45, 2.75) is 32.2 Å². The Morgan fingerprint density at radius 2 is 2.03 bits per heavy atom. The third-order valence-electron chi connectivity index (χ3n) is 5.78. The molecule has 1 atom stereocenters. The molecule has 0 bridgehead atoms. The largest absolute Gasteiger partial charge is 0.469 e. The number of esters is 1. The third-order valence-corrected chi connectivity index (χ3v) is 9.51. The van der Waals surface area contributed by atoms with Crippen molar-refractivity contribution in [1.82, 2.24) is 9.29 Å². The molecule has 186 valence electrons. The van der Waals surface area contributed by atoms with Crippen LogP contribution in [0.4, 0.5) is 0 Å². The van der Waals surface area contributed by atoms with Gasteiger partial charge in [0.05, 0.1) is 39.8 Å². The number of carbonyl (C=O) groups excluding carboxylic acids is 1. The van der Waals surface area contributed by atoms with E-state index in [1.54, 1.807) is 13.0 Å². The zero-order valence-electron chi connectivity index (χ0n) is 19.7. The highest BCUT2D eigenvalue weighted by molar-refractivity contribution is 7.89. The second kappa shape index (κ2) is 9.29. The monoisotopic (exact) mass is 536 g/mol. The van der Waals surface area contributed by atoms with E-state index in [-0.39, 0.29) is 24.1 Å². The molecule has 1 aliphatic heterocycles. The van der Waals surface area contributed by atoms with Crippen LogP contribution in [0.25, 0.3) is 22.1 Å².